The van der Waals surface area contributed by atoms with E-state index in [2.05, 4.69) is 4.98 Å². The summed E-state index contributed by atoms with van der Waals surface area (Å²) in [6.07, 6.45) is 3.21. The van der Waals surface area contributed by atoms with Gasteiger partial charge in [0, 0.05) is 18.0 Å². The quantitative estimate of drug-likeness (QED) is 0.812. The summed E-state index contributed by atoms with van der Waals surface area (Å²) in [6.45, 7) is 0. The van der Waals surface area contributed by atoms with E-state index in [0.29, 0.717) is 10.6 Å². The van der Waals surface area contributed by atoms with Crippen LogP contribution in [0.4, 0.5) is 5.69 Å². The van der Waals surface area contributed by atoms with Crippen molar-refractivity contribution in [2.45, 2.75) is 0 Å². The van der Waals surface area contributed by atoms with E-state index in [0.717, 1.165) is 11.1 Å². The Morgan fingerprint density at radius 2 is 2.13 bits per heavy atom. The summed E-state index contributed by atoms with van der Waals surface area (Å²) in [7, 11) is 0. The molecule has 3 N–H and O–H groups in total. The number of nitrogen functional groups attached to an aromatic ring is 1. The zero-order chi connectivity index (χ0) is 10.8. The van der Waals surface area contributed by atoms with Gasteiger partial charge in [-0.25, -0.2) is 4.79 Å². The number of carbonyl (C=O) groups is 1. The largest absolute Gasteiger partial charge is 0.477 e. The standard InChI is InChI=1S/C10H8N2O2S/c11-8-1-6(3-12-4-8)7-2-9(10(13)14)15-5-7/h1-5H,11H2,(H,13,14). The first-order valence-corrected chi connectivity index (χ1v) is 5.07. The Morgan fingerprint density at radius 3 is 2.73 bits per heavy atom. The molecule has 76 valence electrons. The van der Waals surface area contributed by atoms with Crippen molar-refractivity contribution >= 4 is 23.0 Å². The van der Waals surface area contributed by atoms with Crippen LogP contribution in [0.25, 0.3) is 11.1 Å². The van der Waals surface area contributed by atoms with Crippen molar-refractivity contribution in [3.05, 3.63) is 34.8 Å². The number of rotatable bonds is 2. The van der Waals surface area contributed by atoms with Gasteiger partial charge in [0.25, 0.3) is 0 Å². The maximum atomic E-state index is 10.7. The summed E-state index contributed by atoms with van der Waals surface area (Å²) in [5.74, 6) is -0.914. The van der Waals surface area contributed by atoms with E-state index < -0.39 is 5.97 Å². The molecule has 0 bridgehead atoms. The number of hydrogen-bond acceptors (Lipinski definition) is 4. The van der Waals surface area contributed by atoms with Crippen molar-refractivity contribution < 1.29 is 9.90 Å². The monoisotopic (exact) mass is 220 g/mol. The van der Waals surface area contributed by atoms with E-state index in [1.165, 1.54) is 11.3 Å². The summed E-state index contributed by atoms with van der Waals surface area (Å²) in [5, 5.41) is 10.5. The van der Waals surface area contributed by atoms with E-state index in [9.17, 15) is 4.79 Å². The van der Waals surface area contributed by atoms with Crippen LogP contribution in [0.2, 0.25) is 0 Å². The topological polar surface area (TPSA) is 76.2 Å². The minimum Gasteiger partial charge on any atom is -0.477 e. The highest BCUT2D eigenvalue weighted by atomic mass is 32.1. The fourth-order valence-corrected chi connectivity index (χ4v) is 1.97. The van der Waals surface area contributed by atoms with Crippen LogP contribution >= 0.6 is 11.3 Å². The molecule has 0 aliphatic rings. The van der Waals surface area contributed by atoms with Gasteiger partial charge in [0.05, 0.1) is 5.69 Å². The number of carboxylic acid groups (broad SMARTS) is 1. The highest BCUT2D eigenvalue weighted by molar-refractivity contribution is 7.12. The van der Waals surface area contributed by atoms with Crippen molar-refractivity contribution in [1.82, 2.24) is 4.98 Å². The number of nitrogens with zero attached hydrogens (tertiary/aromatic N) is 1. The third-order valence-corrected chi connectivity index (χ3v) is 2.82. The number of anilines is 1. The number of pyridine rings is 1. The van der Waals surface area contributed by atoms with E-state index in [4.69, 9.17) is 10.8 Å². The van der Waals surface area contributed by atoms with Crippen molar-refractivity contribution in [1.29, 1.82) is 0 Å². The summed E-state index contributed by atoms with van der Waals surface area (Å²) >= 11 is 1.19. The normalized spacial score (nSPS) is 10.1. The summed E-state index contributed by atoms with van der Waals surface area (Å²) in [6, 6.07) is 3.38. The SMILES string of the molecule is Nc1cncc(-c2csc(C(=O)O)c2)c1. The maximum Gasteiger partial charge on any atom is 0.345 e. The van der Waals surface area contributed by atoms with Gasteiger partial charge in [0.2, 0.25) is 0 Å². The lowest BCUT2D eigenvalue weighted by molar-refractivity contribution is 0.0702. The van der Waals surface area contributed by atoms with E-state index in [-0.39, 0.29) is 0 Å². The van der Waals surface area contributed by atoms with Gasteiger partial charge in [-0.2, -0.15) is 0 Å². The van der Waals surface area contributed by atoms with Crippen LogP contribution in [0.15, 0.2) is 29.9 Å². The van der Waals surface area contributed by atoms with Crippen LogP contribution in [0.5, 0.6) is 0 Å². The number of nitrogens with two attached hydrogens (primary N) is 1. The molecule has 2 heterocycles. The second kappa shape index (κ2) is 3.70. The van der Waals surface area contributed by atoms with Crippen LogP contribution in [0.1, 0.15) is 9.67 Å². The smallest absolute Gasteiger partial charge is 0.345 e. The average Bonchev–Trinajstić information content (AvgIpc) is 2.66. The predicted octanol–water partition coefficient (Wildman–Crippen LogP) is 2.09. The molecule has 0 spiro atoms. The van der Waals surface area contributed by atoms with Crippen LogP contribution < -0.4 is 5.73 Å². The minimum absolute atomic E-state index is 0.312. The van der Waals surface area contributed by atoms with E-state index >= 15 is 0 Å². The molecular weight excluding hydrogens is 212 g/mol. The second-order valence-corrected chi connectivity index (χ2v) is 3.92. The second-order valence-electron chi connectivity index (χ2n) is 3.01. The minimum atomic E-state index is -0.914. The van der Waals surface area contributed by atoms with Crippen LogP contribution in [-0.4, -0.2) is 16.1 Å². The molecule has 2 aromatic rings. The molecule has 0 saturated carbocycles. The zero-order valence-electron chi connectivity index (χ0n) is 7.68. The van der Waals surface area contributed by atoms with Crippen molar-refractivity contribution in [3.8, 4) is 11.1 Å². The molecule has 5 heteroatoms. The molecule has 0 atom stereocenters. The van der Waals surface area contributed by atoms with E-state index in [1.54, 1.807) is 29.9 Å². The van der Waals surface area contributed by atoms with Crippen molar-refractivity contribution in [2.24, 2.45) is 0 Å². The van der Waals surface area contributed by atoms with Crippen LogP contribution in [0, 0.1) is 0 Å². The molecule has 0 aromatic carbocycles. The Morgan fingerprint density at radius 1 is 1.33 bits per heavy atom. The Hall–Kier alpha value is -1.88. The number of aromatic nitrogens is 1. The molecule has 0 radical (unpaired) electrons. The third-order valence-electron chi connectivity index (χ3n) is 1.90. The van der Waals surface area contributed by atoms with Crippen LogP contribution in [-0.2, 0) is 0 Å². The fraction of sp³-hybridized carbons (Fsp3) is 0. The maximum absolute atomic E-state index is 10.7. The fourth-order valence-electron chi connectivity index (χ4n) is 1.22. The molecule has 0 aliphatic heterocycles. The van der Waals surface area contributed by atoms with Gasteiger partial charge in [-0.15, -0.1) is 11.3 Å². The highest BCUT2D eigenvalue weighted by Gasteiger charge is 2.08. The Balaban J connectivity index is 2.41. The molecule has 0 saturated heterocycles. The van der Waals surface area contributed by atoms with Gasteiger partial charge < -0.3 is 10.8 Å². The number of carboxylic acids is 1. The Bertz CT molecular complexity index is 508. The molecule has 0 unspecified atom stereocenters. The number of hydrogen-bond donors (Lipinski definition) is 2. The lowest BCUT2D eigenvalue weighted by Crippen LogP contribution is -1.90. The van der Waals surface area contributed by atoms with Gasteiger partial charge in [0.1, 0.15) is 4.88 Å². The Labute approximate surface area is 90.0 Å². The lowest BCUT2D eigenvalue weighted by Gasteiger charge is -1.97. The first-order valence-electron chi connectivity index (χ1n) is 4.19. The van der Waals surface area contributed by atoms with Gasteiger partial charge in [-0.05, 0) is 23.1 Å². The number of aromatic carboxylic acids is 1. The molecule has 2 rings (SSSR count). The summed E-state index contributed by atoms with van der Waals surface area (Å²) in [5.41, 5.74) is 7.82. The number of thiophene rings is 1. The predicted molar refractivity (Wildman–Crippen MR) is 58.9 cm³/mol. The zero-order valence-corrected chi connectivity index (χ0v) is 8.49. The van der Waals surface area contributed by atoms with Gasteiger partial charge in [-0.3, -0.25) is 4.98 Å². The van der Waals surface area contributed by atoms with E-state index in [1.807, 2.05) is 0 Å². The summed E-state index contributed by atoms with van der Waals surface area (Å²) < 4.78 is 0. The van der Waals surface area contributed by atoms with Crippen LogP contribution in [0.3, 0.4) is 0 Å². The molecule has 15 heavy (non-hydrogen) atoms. The van der Waals surface area contributed by atoms with Crippen molar-refractivity contribution in [3.63, 3.8) is 0 Å². The molecular formula is C10H8N2O2S. The first-order chi connectivity index (χ1) is 7.16. The molecule has 4 nitrogen and oxygen atoms in total. The average molecular weight is 220 g/mol. The molecule has 0 amide bonds. The Kier molecular flexibility index (Phi) is 2.39. The molecule has 0 aliphatic carbocycles. The first kappa shape index (κ1) is 9.67. The molecule has 2 aromatic heterocycles. The summed E-state index contributed by atoms with van der Waals surface area (Å²) in [4.78, 5) is 14.9. The van der Waals surface area contributed by atoms with Gasteiger partial charge >= 0.3 is 5.97 Å². The van der Waals surface area contributed by atoms with Gasteiger partial charge in [0.15, 0.2) is 0 Å². The molecule has 0 fully saturated rings. The van der Waals surface area contributed by atoms with Gasteiger partial charge in [-0.1, -0.05) is 0 Å². The highest BCUT2D eigenvalue weighted by Crippen LogP contribution is 2.25. The van der Waals surface area contributed by atoms with Crippen molar-refractivity contribution in [2.75, 3.05) is 5.73 Å². The third kappa shape index (κ3) is 1.97. The lowest BCUT2D eigenvalue weighted by atomic mass is 10.1.